The predicted molar refractivity (Wildman–Crippen MR) is 70.6 cm³/mol. The minimum atomic E-state index is -0.310. The van der Waals surface area contributed by atoms with Gasteiger partial charge in [0.25, 0.3) is 0 Å². The summed E-state index contributed by atoms with van der Waals surface area (Å²) in [5.41, 5.74) is 0.976. The second-order valence-electron chi connectivity index (χ2n) is 4.61. The van der Waals surface area contributed by atoms with E-state index >= 15 is 0 Å². The van der Waals surface area contributed by atoms with Crippen LogP contribution < -0.4 is 5.32 Å². The van der Waals surface area contributed by atoms with Gasteiger partial charge in [0.15, 0.2) is 0 Å². The van der Waals surface area contributed by atoms with E-state index in [2.05, 4.69) is 24.3 Å². The molecule has 0 unspecified atom stereocenters. The number of hydrogen-bond donors (Lipinski definition) is 1. The largest absolute Gasteiger partial charge is 0.313 e. The molecule has 0 amide bonds. The lowest BCUT2D eigenvalue weighted by Crippen LogP contribution is -2.18. The van der Waals surface area contributed by atoms with E-state index in [1.807, 2.05) is 6.07 Å². The minimum Gasteiger partial charge on any atom is -0.313 e. The highest BCUT2D eigenvalue weighted by molar-refractivity contribution is 5.32. The summed E-state index contributed by atoms with van der Waals surface area (Å²) in [6.07, 6.45) is 2.21. The van der Waals surface area contributed by atoms with Gasteiger partial charge in [-0.05, 0) is 52.2 Å². The second-order valence-corrected chi connectivity index (χ2v) is 4.61. The Balaban J connectivity index is 2.25. The standard InChI is InChI=1S/C14H20FN3/c1-18(2)8-4-3-7-17-11-13-6-5-12(10-16)9-14(13)15/h5-6,9,17H,3-4,7-8,11H2,1-2H3. The van der Waals surface area contributed by atoms with Gasteiger partial charge in [-0.3, -0.25) is 0 Å². The van der Waals surface area contributed by atoms with Crippen LogP contribution in [-0.2, 0) is 6.54 Å². The first-order chi connectivity index (χ1) is 8.63. The van der Waals surface area contributed by atoms with E-state index in [0.29, 0.717) is 17.7 Å². The van der Waals surface area contributed by atoms with Gasteiger partial charge in [0, 0.05) is 12.1 Å². The number of nitrogens with one attached hydrogen (secondary N) is 1. The lowest BCUT2D eigenvalue weighted by Gasteiger charge is -2.09. The molecule has 0 aliphatic rings. The van der Waals surface area contributed by atoms with E-state index in [-0.39, 0.29) is 5.82 Å². The number of nitrogens with zero attached hydrogens (tertiary/aromatic N) is 2. The van der Waals surface area contributed by atoms with Crippen LogP contribution in [-0.4, -0.2) is 32.1 Å². The van der Waals surface area contributed by atoms with Gasteiger partial charge >= 0.3 is 0 Å². The molecule has 0 heterocycles. The molecule has 0 aromatic heterocycles. The fourth-order valence-corrected chi connectivity index (χ4v) is 1.66. The molecule has 0 saturated carbocycles. The Morgan fingerprint density at radius 1 is 1.33 bits per heavy atom. The molecule has 3 nitrogen and oxygen atoms in total. The summed E-state index contributed by atoms with van der Waals surface area (Å²) in [7, 11) is 4.11. The molecule has 4 heteroatoms. The SMILES string of the molecule is CN(C)CCCCNCc1ccc(C#N)cc1F. The summed E-state index contributed by atoms with van der Waals surface area (Å²) in [6, 6.07) is 6.52. The van der Waals surface area contributed by atoms with Crippen molar-refractivity contribution in [2.45, 2.75) is 19.4 Å². The zero-order chi connectivity index (χ0) is 13.4. The third kappa shape index (κ3) is 5.26. The van der Waals surface area contributed by atoms with Gasteiger partial charge in [0.2, 0.25) is 0 Å². The van der Waals surface area contributed by atoms with Crippen LogP contribution in [0.25, 0.3) is 0 Å². The van der Waals surface area contributed by atoms with E-state index in [4.69, 9.17) is 5.26 Å². The quantitative estimate of drug-likeness (QED) is 0.752. The van der Waals surface area contributed by atoms with Crippen molar-refractivity contribution in [3.63, 3.8) is 0 Å². The maximum absolute atomic E-state index is 13.5. The van der Waals surface area contributed by atoms with Crippen molar-refractivity contribution < 1.29 is 4.39 Å². The summed E-state index contributed by atoms with van der Waals surface area (Å²) in [6.45, 7) is 2.47. The van der Waals surface area contributed by atoms with Gasteiger partial charge in [-0.2, -0.15) is 5.26 Å². The molecule has 1 rings (SSSR count). The molecule has 0 radical (unpaired) electrons. The van der Waals surface area contributed by atoms with Crippen molar-refractivity contribution in [2.24, 2.45) is 0 Å². The highest BCUT2D eigenvalue weighted by atomic mass is 19.1. The molecular formula is C14H20FN3. The number of unbranched alkanes of at least 4 members (excludes halogenated alkanes) is 1. The topological polar surface area (TPSA) is 39.1 Å². The predicted octanol–water partition coefficient (Wildman–Crippen LogP) is 2.13. The van der Waals surface area contributed by atoms with Crippen molar-refractivity contribution in [3.05, 3.63) is 35.1 Å². The van der Waals surface area contributed by atoms with E-state index in [1.54, 1.807) is 12.1 Å². The lowest BCUT2D eigenvalue weighted by molar-refractivity contribution is 0.391. The monoisotopic (exact) mass is 249 g/mol. The smallest absolute Gasteiger partial charge is 0.129 e. The van der Waals surface area contributed by atoms with E-state index < -0.39 is 0 Å². The molecule has 0 spiro atoms. The van der Waals surface area contributed by atoms with E-state index in [0.717, 1.165) is 25.9 Å². The van der Waals surface area contributed by atoms with Crippen LogP contribution in [0, 0.1) is 17.1 Å². The number of nitriles is 1. The molecule has 1 aromatic rings. The highest BCUT2D eigenvalue weighted by Crippen LogP contribution is 2.09. The Bertz CT molecular complexity index is 410. The molecule has 0 bridgehead atoms. The summed E-state index contributed by atoms with van der Waals surface area (Å²) >= 11 is 0. The average Bonchev–Trinajstić information content (AvgIpc) is 2.34. The molecule has 0 aliphatic heterocycles. The van der Waals surface area contributed by atoms with Crippen LogP contribution in [0.5, 0.6) is 0 Å². The Labute approximate surface area is 108 Å². The Hall–Kier alpha value is -1.44. The van der Waals surface area contributed by atoms with Crippen molar-refractivity contribution in [3.8, 4) is 6.07 Å². The van der Waals surface area contributed by atoms with Crippen molar-refractivity contribution in [1.29, 1.82) is 5.26 Å². The van der Waals surface area contributed by atoms with Crippen LogP contribution in [0.4, 0.5) is 4.39 Å². The zero-order valence-electron chi connectivity index (χ0n) is 11.0. The molecule has 18 heavy (non-hydrogen) atoms. The zero-order valence-corrected chi connectivity index (χ0v) is 11.0. The molecule has 0 aliphatic carbocycles. The van der Waals surface area contributed by atoms with Crippen LogP contribution in [0.3, 0.4) is 0 Å². The van der Waals surface area contributed by atoms with E-state index in [1.165, 1.54) is 6.07 Å². The molecule has 1 N–H and O–H groups in total. The van der Waals surface area contributed by atoms with Crippen LogP contribution in [0.15, 0.2) is 18.2 Å². The summed E-state index contributed by atoms with van der Waals surface area (Å²) in [5.74, 6) is -0.310. The van der Waals surface area contributed by atoms with Crippen molar-refractivity contribution in [1.82, 2.24) is 10.2 Å². The fourth-order valence-electron chi connectivity index (χ4n) is 1.66. The highest BCUT2D eigenvalue weighted by Gasteiger charge is 2.02. The molecular weight excluding hydrogens is 229 g/mol. The number of halogens is 1. The summed E-state index contributed by atoms with van der Waals surface area (Å²) in [4.78, 5) is 2.15. The summed E-state index contributed by atoms with van der Waals surface area (Å²) < 4.78 is 13.5. The normalized spacial score (nSPS) is 10.6. The van der Waals surface area contributed by atoms with Gasteiger partial charge in [-0.15, -0.1) is 0 Å². The van der Waals surface area contributed by atoms with Crippen LogP contribution in [0.1, 0.15) is 24.0 Å². The fraction of sp³-hybridized carbons (Fsp3) is 0.500. The maximum atomic E-state index is 13.5. The molecule has 0 atom stereocenters. The summed E-state index contributed by atoms with van der Waals surface area (Å²) in [5, 5.41) is 11.8. The van der Waals surface area contributed by atoms with Gasteiger partial charge in [-0.1, -0.05) is 6.07 Å². The Kier molecular flexibility index (Phi) is 6.34. The molecule has 1 aromatic carbocycles. The lowest BCUT2D eigenvalue weighted by atomic mass is 10.1. The number of hydrogen-bond acceptors (Lipinski definition) is 3. The van der Waals surface area contributed by atoms with Gasteiger partial charge in [0.1, 0.15) is 5.82 Å². The Morgan fingerprint density at radius 2 is 2.11 bits per heavy atom. The van der Waals surface area contributed by atoms with E-state index in [9.17, 15) is 4.39 Å². The average molecular weight is 249 g/mol. The molecule has 98 valence electrons. The molecule has 0 fully saturated rings. The van der Waals surface area contributed by atoms with Gasteiger partial charge in [-0.25, -0.2) is 4.39 Å². The first-order valence-corrected chi connectivity index (χ1v) is 6.17. The first-order valence-electron chi connectivity index (χ1n) is 6.17. The van der Waals surface area contributed by atoms with Crippen molar-refractivity contribution in [2.75, 3.05) is 27.2 Å². The number of benzene rings is 1. The maximum Gasteiger partial charge on any atom is 0.129 e. The van der Waals surface area contributed by atoms with Crippen LogP contribution in [0.2, 0.25) is 0 Å². The first kappa shape index (κ1) is 14.6. The minimum absolute atomic E-state index is 0.310. The van der Waals surface area contributed by atoms with Crippen molar-refractivity contribution >= 4 is 0 Å². The van der Waals surface area contributed by atoms with Gasteiger partial charge in [0.05, 0.1) is 11.6 Å². The van der Waals surface area contributed by atoms with Gasteiger partial charge < -0.3 is 10.2 Å². The molecule has 0 saturated heterocycles. The third-order valence-corrected chi connectivity index (χ3v) is 2.71. The second kappa shape index (κ2) is 7.80. The van der Waals surface area contributed by atoms with Crippen LogP contribution >= 0.6 is 0 Å². The number of rotatable bonds is 7. The third-order valence-electron chi connectivity index (χ3n) is 2.71. The Morgan fingerprint density at radius 3 is 2.72 bits per heavy atom.